The van der Waals surface area contributed by atoms with Crippen molar-refractivity contribution in [3.63, 3.8) is 0 Å². The molecule has 4 rings (SSSR count). The molecule has 1 aromatic carbocycles. The van der Waals surface area contributed by atoms with Gasteiger partial charge in [-0.25, -0.2) is 0 Å². The van der Waals surface area contributed by atoms with Crippen LogP contribution < -0.4 is 10.1 Å². The number of hydrogen-bond donors (Lipinski definition) is 1. The van der Waals surface area contributed by atoms with Crippen LogP contribution in [0.1, 0.15) is 36.8 Å². The predicted molar refractivity (Wildman–Crippen MR) is 85.1 cm³/mol. The number of carbonyl (C=O) groups is 1. The van der Waals surface area contributed by atoms with Crippen LogP contribution >= 0.6 is 0 Å². The molecule has 1 aromatic rings. The molecule has 1 N–H and O–H groups in total. The molecule has 0 unspecified atom stereocenters. The first-order valence-electron chi connectivity index (χ1n) is 8.44. The van der Waals surface area contributed by atoms with Crippen molar-refractivity contribution in [2.45, 2.75) is 56.7 Å². The SMILES string of the molecule is COc1ccc2c(c1)C[C@H](N[C@H]1CC(=O)N(C3CC3)C1)CC2. The van der Waals surface area contributed by atoms with E-state index in [1.807, 2.05) is 0 Å². The van der Waals surface area contributed by atoms with Gasteiger partial charge in [0, 0.05) is 31.1 Å². The molecule has 2 fully saturated rings. The predicted octanol–water partition coefficient (Wildman–Crippen LogP) is 1.91. The molecule has 4 heteroatoms. The number of ether oxygens (including phenoxy) is 1. The molecule has 2 atom stereocenters. The van der Waals surface area contributed by atoms with Crippen molar-refractivity contribution in [1.82, 2.24) is 10.2 Å². The molecule has 3 aliphatic rings. The molecule has 118 valence electrons. The third-order valence-electron chi connectivity index (χ3n) is 5.26. The van der Waals surface area contributed by atoms with E-state index in [1.165, 1.54) is 24.0 Å². The van der Waals surface area contributed by atoms with Crippen molar-refractivity contribution in [2.75, 3.05) is 13.7 Å². The fraction of sp³-hybridized carbons (Fsp3) is 0.611. The van der Waals surface area contributed by atoms with Gasteiger partial charge in [0.1, 0.15) is 5.75 Å². The van der Waals surface area contributed by atoms with Gasteiger partial charge in [0.05, 0.1) is 7.11 Å². The summed E-state index contributed by atoms with van der Waals surface area (Å²) in [4.78, 5) is 14.2. The van der Waals surface area contributed by atoms with Gasteiger partial charge in [-0.15, -0.1) is 0 Å². The number of fused-ring (bicyclic) bond motifs is 1. The third-order valence-corrected chi connectivity index (χ3v) is 5.26. The normalized spacial score (nSPS) is 27.9. The maximum absolute atomic E-state index is 12.1. The molecule has 0 bridgehead atoms. The Morgan fingerprint density at radius 1 is 1.14 bits per heavy atom. The second-order valence-electron chi connectivity index (χ2n) is 6.92. The highest BCUT2D eigenvalue weighted by atomic mass is 16.5. The van der Waals surface area contributed by atoms with E-state index in [-0.39, 0.29) is 0 Å². The molecule has 2 aliphatic carbocycles. The van der Waals surface area contributed by atoms with Gasteiger partial charge in [0.25, 0.3) is 0 Å². The molecule has 4 nitrogen and oxygen atoms in total. The van der Waals surface area contributed by atoms with Crippen LogP contribution in [0.3, 0.4) is 0 Å². The van der Waals surface area contributed by atoms with E-state index in [0.29, 0.717) is 30.5 Å². The Balaban J connectivity index is 1.39. The number of aryl methyl sites for hydroxylation is 1. The van der Waals surface area contributed by atoms with Crippen LogP contribution in [0.25, 0.3) is 0 Å². The Morgan fingerprint density at radius 2 is 2.00 bits per heavy atom. The van der Waals surface area contributed by atoms with Gasteiger partial charge in [0.15, 0.2) is 0 Å². The van der Waals surface area contributed by atoms with E-state index >= 15 is 0 Å². The molecule has 22 heavy (non-hydrogen) atoms. The van der Waals surface area contributed by atoms with E-state index in [4.69, 9.17) is 4.74 Å². The second-order valence-corrected chi connectivity index (χ2v) is 6.92. The lowest BCUT2D eigenvalue weighted by Crippen LogP contribution is -2.43. The zero-order valence-corrected chi connectivity index (χ0v) is 13.2. The Labute approximate surface area is 131 Å². The summed E-state index contributed by atoms with van der Waals surface area (Å²) < 4.78 is 5.34. The highest BCUT2D eigenvalue weighted by Gasteiger charge is 2.39. The zero-order valence-electron chi connectivity index (χ0n) is 13.2. The van der Waals surface area contributed by atoms with E-state index in [9.17, 15) is 4.79 Å². The molecule has 1 heterocycles. The Hall–Kier alpha value is -1.55. The Kier molecular flexibility index (Phi) is 3.57. The number of nitrogens with one attached hydrogen (secondary N) is 1. The largest absolute Gasteiger partial charge is 0.497 e. The molecule has 0 radical (unpaired) electrons. The smallest absolute Gasteiger partial charge is 0.224 e. The molecule has 1 saturated heterocycles. The summed E-state index contributed by atoms with van der Waals surface area (Å²) in [6.45, 7) is 0.908. The summed E-state index contributed by atoms with van der Waals surface area (Å²) in [5.74, 6) is 1.29. The van der Waals surface area contributed by atoms with Crippen LogP contribution in [0.4, 0.5) is 0 Å². The number of likely N-dealkylation sites (tertiary alicyclic amines) is 1. The standard InChI is InChI=1S/C18H24N2O2/c1-22-17-7-3-12-2-4-14(8-13(12)9-17)19-15-10-18(21)20(11-15)16-5-6-16/h3,7,9,14-16,19H,2,4-6,8,10-11H2,1H3/t14-,15+/m1/s1. The van der Waals surface area contributed by atoms with Gasteiger partial charge in [-0.05, 0) is 55.4 Å². The van der Waals surface area contributed by atoms with Crippen LogP contribution in [-0.4, -0.2) is 42.6 Å². The molecule has 0 aromatic heterocycles. The average Bonchev–Trinajstić information content (AvgIpc) is 3.30. The highest BCUT2D eigenvalue weighted by Crippen LogP contribution is 2.31. The van der Waals surface area contributed by atoms with Gasteiger partial charge in [-0.1, -0.05) is 6.07 Å². The number of carbonyl (C=O) groups excluding carboxylic acids is 1. The topological polar surface area (TPSA) is 41.6 Å². The van der Waals surface area contributed by atoms with Crippen molar-refractivity contribution < 1.29 is 9.53 Å². The third kappa shape index (κ3) is 2.72. The minimum absolute atomic E-state index is 0.338. The minimum atomic E-state index is 0.338. The molecule has 0 spiro atoms. The van der Waals surface area contributed by atoms with Crippen LogP contribution in [0.15, 0.2) is 18.2 Å². The number of methoxy groups -OCH3 is 1. The summed E-state index contributed by atoms with van der Waals surface area (Å²) in [6.07, 6.45) is 6.40. The first-order valence-corrected chi connectivity index (χ1v) is 8.44. The minimum Gasteiger partial charge on any atom is -0.497 e. The molecule has 1 amide bonds. The lowest BCUT2D eigenvalue weighted by Gasteiger charge is -2.28. The zero-order chi connectivity index (χ0) is 15.1. The maximum atomic E-state index is 12.1. The number of hydrogen-bond acceptors (Lipinski definition) is 3. The lowest BCUT2D eigenvalue weighted by molar-refractivity contribution is -0.128. The van der Waals surface area contributed by atoms with Crippen molar-refractivity contribution in [2.24, 2.45) is 0 Å². The molecule has 1 aliphatic heterocycles. The fourth-order valence-electron chi connectivity index (χ4n) is 3.92. The van der Waals surface area contributed by atoms with Gasteiger partial charge < -0.3 is 15.0 Å². The fourth-order valence-corrected chi connectivity index (χ4v) is 3.92. The number of amides is 1. The highest BCUT2D eigenvalue weighted by molar-refractivity contribution is 5.80. The summed E-state index contributed by atoms with van der Waals surface area (Å²) in [5, 5.41) is 3.74. The van der Waals surface area contributed by atoms with E-state index in [1.54, 1.807) is 7.11 Å². The van der Waals surface area contributed by atoms with Crippen molar-refractivity contribution in [3.05, 3.63) is 29.3 Å². The number of rotatable bonds is 4. The van der Waals surface area contributed by atoms with Crippen molar-refractivity contribution in [1.29, 1.82) is 0 Å². The van der Waals surface area contributed by atoms with Gasteiger partial charge >= 0.3 is 0 Å². The number of benzene rings is 1. The van der Waals surface area contributed by atoms with Crippen molar-refractivity contribution in [3.8, 4) is 5.75 Å². The molecular formula is C18H24N2O2. The van der Waals surface area contributed by atoms with Gasteiger partial charge in [0.2, 0.25) is 5.91 Å². The monoisotopic (exact) mass is 300 g/mol. The maximum Gasteiger partial charge on any atom is 0.224 e. The van der Waals surface area contributed by atoms with E-state index < -0.39 is 0 Å². The molecule has 1 saturated carbocycles. The molecular weight excluding hydrogens is 276 g/mol. The summed E-state index contributed by atoms with van der Waals surface area (Å²) in [6, 6.07) is 7.78. The van der Waals surface area contributed by atoms with Gasteiger partial charge in [-0.2, -0.15) is 0 Å². The van der Waals surface area contributed by atoms with Crippen LogP contribution in [-0.2, 0) is 17.6 Å². The Bertz CT molecular complexity index is 582. The Morgan fingerprint density at radius 3 is 2.77 bits per heavy atom. The van der Waals surface area contributed by atoms with Crippen LogP contribution in [0.2, 0.25) is 0 Å². The average molecular weight is 300 g/mol. The van der Waals surface area contributed by atoms with Crippen molar-refractivity contribution >= 4 is 5.91 Å². The quantitative estimate of drug-likeness (QED) is 0.923. The lowest BCUT2D eigenvalue weighted by atomic mass is 9.87. The van der Waals surface area contributed by atoms with Crippen LogP contribution in [0, 0.1) is 0 Å². The summed E-state index contributed by atoms with van der Waals surface area (Å²) in [7, 11) is 1.72. The summed E-state index contributed by atoms with van der Waals surface area (Å²) >= 11 is 0. The summed E-state index contributed by atoms with van der Waals surface area (Å²) in [5.41, 5.74) is 2.84. The van der Waals surface area contributed by atoms with E-state index in [2.05, 4.69) is 28.4 Å². The van der Waals surface area contributed by atoms with Gasteiger partial charge in [-0.3, -0.25) is 4.79 Å². The number of nitrogens with zero attached hydrogens (tertiary/aromatic N) is 1. The first kappa shape index (κ1) is 14.1. The van der Waals surface area contributed by atoms with Crippen LogP contribution in [0.5, 0.6) is 5.75 Å². The second kappa shape index (κ2) is 5.58. The van der Waals surface area contributed by atoms with E-state index in [0.717, 1.165) is 31.6 Å². The first-order chi connectivity index (χ1) is 10.7.